The van der Waals surface area contributed by atoms with E-state index >= 15 is 0 Å². The maximum Gasteiger partial charge on any atom is 0.279 e. The highest BCUT2D eigenvalue weighted by molar-refractivity contribution is 5.91. The third kappa shape index (κ3) is 5.22. The van der Waals surface area contributed by atoms with E-state index in [2.05, 4.69) is 5.32 Å². The van der Waals surface area contributed by atoms with Gasteiger partial charge in [-0.2, -0.15) is 0 Å². The molecule has 0 aliphatic rings. The summed E-state index contributed by atoms with van der Waals surface area (Å²) in [5.74, 6) is 1.43. The van der Waals surface area contributed by atoms with Gasteiger partial charge in [0.2, 0.25) is 0 Å². The Morgan fingerprint density at radius 3 is 2.40 bits per heavy atom. The van der Waals surface area contributed by atoms with E-state index < -0.39 is 0 Å². The molecule has 0 aromatic heterocycles. The average molecular weight is 343 g/mol. The lowest BCUT2D eigenvalue weighted by molar-refractivity contribution is -0.885. The van der Waals surface area contributed by atoms with Crippen molar-refractivity contribution in [1.29, 1.82) is 0 Å². The fraction of sp³-hybridized carbons (Fsp3) is 0.350. The van der Waals surface area contributed by atoms with Crippen molar-refractivity contribution in [2.45, 2.75) is 20.4 Å². The molecule has 5 heteroatoms. The van der Waals surface area contributed by atoms with Gasteiger partial charge in [0.15, 0.2) is 18.0 Å². The molecular weight excluding hydrogens is 316 g/mol. The van der Waals surface area contributed by atoms with E-state index in [4.69, 9.17) is 9.47 Å². The highest BCUT2D eigenvalue weighted by Gasteiger charge is 2.15. The van der Waals surface area contributed by atoms with Crippen LogP contribution >= 0.6 is 0 Å². The summed E-state index contributed by atoms with van der Waals surface area (Å²) >= 11 is 0. The van der Waals surface area contributed by atoms with Gasteiger partial charge in [-0.1, -0.05) is 12.1 Å². The molecule has 0 saturated carbocycles. The smallest absolute Gasteiger partial charge is 0.279 e. The third-order valence-corrected chi connectivity index (χ3v) is 4.10. The maximum atomic E-state index is 12.3. The SMILES string of the molecule is COc1cc(C)c(C[NH+](C)CC(=O)Nc2cccc(C)c2)cc1OC. The molecule has 0 fully saturated rings. The Labute approximate surface area is 149 Å². The van der Waals surface area contributed by atoms with E-state index in [1.54, 1.807) is 14.2 Å². The van der Waals surface area contributed by atoms with Crippen molar-refractivity contribution in [3.8, 4) is 11.5 Å². The zero-order valence-electron chi connectivity index (χ0n) is 15.6. The second-order valence-corrected chi connectivity index (χ2v) is 6.36. The summed E-state index contributed by atoms with van der Waals surface area (Å²) in [6.45, 7) is 5.17. The summed E-state index contributed by atoms with van der Waals surface area (Å²) in [5, 5.41) is 2.95. The predicted octanol–water partition coefficient (Wildman–Crippen LogP) is 1.97. The largest absolute Gasteiger partial charge is 0.493 e. The predicted molar refractivity (Wildman–Crippen MR) is 99.5 cm³/mol. The number of hydrogen-bond acceptors (Lipinski definition) is 3. The number of methoxy groups -OCH3 is 2. The van der Waals surface area contributed by atoms with Crippen LogP contribution in [0, 0.1) is 13.8 Å². The van der Waals surface area contributed by atoms with Gasteiger partial charge in [-0.3, -0.25) is 4.79 Å². The Morgan fingerprint density at radius 2 is 1.76 bits per heavy atom. The number of carbonyl (C=O) groups is 1. The van der Waals surface area contributed by atoms with Crippen LogP contribution in [0.25, 0.3) is 0 Å². The fourth-order valence-electron chi connectivity index (χ4n) is 2.80. The van der Waals surface area contributed by atoms with Crippen LogP contribution < -0.4 is 19.7 Å². The number of benzene rings is 2. The van der Waals surface area contributed by atoms with Gasteiger partial charge in [0.1, 0.15) is 6.54 Å². The number of nitrogens with one attached hydrogen (secondary N) is 2. The maximum absolute atomic E-state index is 12.3. The quantitative estimate of drug-likeness (QED) is 0.808. The summed E-state index contributed by atoms with van der Waals surface area (Å²) < 4.78 is 10.7. The van der Waals surface area contributed by atoms with Crippen LogP contribution in [0.15, 0.2) is 36.4 Å². The van der Waals surface area contributed by atoms with E-state index in [1.807, 2.05) is 57.3 Å². The van der Waals surface area contributed by atoms with Crippen molar-refractivity contribution < 1.29 is 19.2 Å². The molecule has 1 unspecified atom stereocenters. The van der Waals surface area contributed by atoms with Crippen LogP contribution in [0.1, 0.15) is 16.7 Å². The molecule has 134 valence electrons. The average Bonchev–Trinajstić information content (AvgIpc) is 2.56. The third-order valence-electron chi connectivity index (χ3n) is 4.10. The zero-order chi connectivity index (χ0) is 18.4. The molecule has 0 aliphatic heterocycles. The molecule has 0 heterocycles. The molecule has 0 aliphatic carbocycles. The molecule has 1 atom stereocenters. The molecule has 2 aromatic carbocycles. The molecule has 0 spiro atoms. The minimum absolute atomic E-state index is 0.00114. The van der Waals surface area contributed by atoms with E-state index in [0.717, 1.165) is 39.6 Å². The van der Waals surface area contributed by atoms with Crippen LogP contribution in [-0.4, -0.2) is 33.7 Å². The molecule has 0 saturated heterocycles. The first-order valence-corrected chi connectivity index (χ1v) is 8.32. The highest BCUT2D eigenvalue weighted by Crippen LogP contribution is 2.29. The minimum atomic E-state index is 0.00114. The zero-order valence-corrected chi connectivity index (χ0v) is 15.6. The van der Waals surface area contributed by atoms with Crippen molar-refractivity contribution in [2.24, 2.45) is 0 Å². The number of rotatable bonds is 7. The molecule has 0 radical (unpaired) electrons. The summed E-state index contributed by atoms with van der Waals surface area (Å²) in [6, 6.07) is 11.8. The topological polar surface area (TPSA) is 52.0 Å². The first kappa shape index (κ1) is 18.8. The normalized spacial score (nSPS) is 11.7. The summed E-state index contributed by atoms with van der Waals surface area (Å²) in [6.07, 6.45) is 0. The van der Waals surface area contributed by atoms with E-state index in [9.17, 15) is 4.79 Å². The monoisotopic (exact) mass is 343 g/mol. The fourth-order valence-corrected chi connectivity index (χ4v) is 2.80. The Bertz CT molecular complexity index is 744. The Morgan fingerprint density at radius 1 is 1.08 bits per heavy atom. The first-order chi connectivity index (χ1) is 11.9. The minimum Gasteiger partial charge on any atom is -0.493 e. The lowest BCUT2D eigenvalue weighted by Crippen LogP contribution is -3.08. The molecule has 2 rings (SSSR count). The number of aryl methyl sites for hydroxylation is 2. The second-order valence-electron chi connectivity index (χ2n) is 6.36. The number of anilines is 1. The summed E-state index contributed by atoms with van der Waals surface area (Å²) in [7, 11) is 5.26. The van der Waals surface area contributed by atoms with Gasteiger partial charge in [-0.25, -0.2) is 0 Å². The number of quaternary nitrogens is 1. The molecule has 5 nitrogen and oxygen atoms in total. The van der Waals surface area contributed by atoms with Crippen molar-refractivity contribution >= 4 is 11.6 Å². The second kappa shape index (κ2) is 8.53. The lowest BCUT2D eigenvalue weighted by Gasteiger charge is -2.17. The van der Waals surface area contributed by atoms with E-state index in [-0.39, 0.29) is 5.91 Å². The summed E-state index contributed by atoms with van der Waals surface area (Å²) in [4.78, 5) is 13.4. The van der Waals surface area contributed by atoms with Gasteiger partial charge in [-0.05, 0) is 49.2 Å². The van der Waals surface area contributed by atoms with E-state index in [1.165, 1.54) is 0 Å². The van der Waals surface area contributed by atoms with Crippen molar-refractivity contribution in [1.82, 2.24) is 0 Å². The Kier molecular flexibility index (Phi) is 6.42. The molecular formula is C20H27N2O3+. The van der Waals surface area contributed by atoms with Gasteiger partial charge in [0.25, 0.3) is 5.91 Å². The van der Waals surface area contributed by atoms with Gasteiger partial charge in [0.05, 0.1) is 21.3 Å². The molecule has 2 aromatic rings. The Balaban J connectivity index is 2.00. The van der Waals surface area contributed by atoms with Crippen molar-refractivity contribution in [3.63, 3.8) is 0 Å². The number of amides is 1. The van der Waals surface area contributed by atoms with Gasteiger partial charge >= 0.3 is 0 Å². The van der Waals surface area contributed by atoms with Crippen LogP contribution in [0.5, 0.6) is 11.5 Å². The van der Waals surface area contributed by atoms with Crippen LogP contribution in [-0.2, 0) is 11.3 Å². The van der Waals surface area contributed by atoms with Gasteiger partial charge in [-0.15, -0.1) is 0 Å². The van der Waals surface area contributed by atoms with Crippen molar-refractivity contribution in [2.75, 3.05) is 33.1 Å². The summed E-state index contributed by atoms with van der Waals surface area (Å²) in [5.41, 5.74) is 4.22. The van der Waals surface area contributed by atoms with Crippen LogP contribution in [0.2, 0.25) is 0 Å². The lowest BCUT2D eigenvalue weighted by atomic mass is 10.1. The van der Waals surface area contributed by atoms with Crippen molar-refractivity contribution in [3.05, 3.63) is 53.1 Å². The highest BCUT2D eigenvalue weighted by atomic mass is 16.5. The standard InChI is InChI=1S/C20H26N2O3/c1-14-7-6-8-17(9-14)21-20(23)13-22(3)12-16-11-19(25-5)18(24-4)10-15(16)2/h6-11H,12-13H2,1-5H3,(H,21,23)/p+1. The van der Waals surface area contributed by atoms with Gasteiger partial charge < -0.3 is 19.7 Å². The molecule has 1 amide bonds. The number of hydrogen-bond donors (Lipinski definition) is 2. The van der Waals surface area contributed by atoms with E-state index in [0.29, 0.717) is 12.3 Å². The molecule has 25 heavy (non-hydrogen) atoms. The van der Waals surface area contributed by atoms with Crippen LogP contribution in [0.3, 0.4) is 0 Å². The molecule has 2 N–H and O–H groups in total. The first-order valence-electron chi connectivity index (χ1n) is 8.32. The number of carbonyl (C=O) groups excluding carboxylic acids is 1. The number of ether oxygens (including phenoxy) is 2. The molecule has 0 bridgehead atoms. The number of likely N-dealkylation sites (N-methyl/N-ethyl adjacent to an activating group) is 1. The Hall–Kier alpha value is -2.53. The van der Waals surface area contributed by atoms with Crippen LogP contribution in [0.4, 0.5) is 5.69 Å². The van der Waals surface area contributed by atoms with Gasteiger partial charge in [0, 0.05) is 11.3 Å².